The van der Waals surface area contributed by atoms with Gasteiger partial charge in [0.05, 0.1) is 0 Å². The smallest absolute Gasteiger partial charge is 0.00103 e. The van der Waals surface area contributed by atoms with Gasteiger partial charge in [0.15, 0.2) is 0 Å². The van der Waals surface area contributed by atoms with Gasteiger partial charge >= 0.3 is 0 Å². The van der Waals surface area contributed by atoms with Crippen molar-refractivity contribution in [2.24, 2.45) is 0 Å². The molecule has 94 valence electrons. The Bertz CT molecular complexity index is 273. The van der Waals surface area contributed by atoms with Gasteiger partial charge in [0.1, 0.15) is 0 Å². The molecule has 0 fully saturated rings. The fourth-order valence-corrected chi connectivity index (χ4v) is 2.09. The molecule has 0 amide bonds. The first kappa shape index (κ1) is 21.5. The van der Waals surface area contributed by atoms with Gasteiger partial charge in [-0.25, -0.2) is 12.1 Å². The Labute approximate surface area is 127 Å². The number of hydrogen-bond donors (Lipinski definition) is 0. The minimum Gasteiger partial charge on any atom is -0.748 e. The summed E-state index contributed by atoms with van der Waals surface area (Å²) >= 11 is 0. The Hall–Kier alpha value is 0.211. The first-order valence-corrected chi connectivity index (χ1v) is 7.57. The molecule has 0 aliphatic heterocycles. The topological polar surface area (TPSA) is 0 Å². The summed E-state index contributed by atoms with van der Waals surface area (Å²) in [5, 5.41) is 1.57. The van der Waals surface area contributed by atoms with Crippen LogP contribution in [0.25, 0.3) is 0 Å². The van der Waals surface area contributed by atoms with E-state index in [9.17, 15) is 0 Å². The Morgan fingerprint density at radius 3 is 1.31 bits per heavy atom. The zero-order chi connectivity index (χ0) is 9.52. The maximum Gasteiger partial charge on any atom is 0.00103 e. The molecule has 0 unspecified atom stereocenters. The normalized spacial score (nSPS) is 7.69. The van der Waals surface area contributed by atoms with Gasteiger partial charge in [0, 0.05) is 30.5 Å². The second-order valence-corrected chi connectivity index (χ2v) is 6.31. The Morgan fingerprint density at radius 1 is 0.812 bits per heavy atom. The van der Waals surface area contributed by atoms with Gasteiger partial charge in [0.25, 0.3) is 0 Å². The maximum atomic E-state index is 2.34. The second kappa shape index (κ2) is 13.3. The molecule has 4 heteroatoms. The number of halogens is 2. The van der Waals surface area contributed by atoms with E-state index in [1.165, 1.54) is 0 Å². The van der Waals surface area contributed by atoms with Gasteiger partial charge in [-0.2, -0.15) is 17.3 Å². The van der Waals surface area contributed by atoms with E-state index in [1.54, 1.807) is 5.19 Å². The SMILES string of the molecule is C[SiH](C)[c-]1cccc1.Cl.Cl.[Ti].[cH-]1[cH-][cH-][cH-][cH-]1. The van der Waals surface area contributed by atoms with Crippen molar-refractivity contribution in [2.45, 2.75) is 13.1 Å². The Balaban J connectivity index is -0.000000189. The molecule has 16 heavy (non-hydrogen) atoms. The van der Waals surface area contributed by atoms with Crippen molar-refractivity contribution in [1.29, 1.82) is 0 Å². The van der Waals surface area contributed by atoms with Gasteiger partial charge in [-0.05, 0) is 0 Å². The number of hydrogen-bond acceptors (Lipinski definition) is 0. The van der Waals surface area contributed by atoms with Crippen molar-refractivity contribution < 1.29 is 21.7 Å². The van der Waals surface area contributed by atoms with Crippen LogP contribution in [0.2, 0.25) is 13.1 Å². The van der Waals surface area contributed by atoms with E-state index in [0.717, 1.165) is 0 Å². The molecule has 0 atom stereocenters. The third kappa shape index (κ3) is 9.44. The van der Waals surface area contributed by atoms with Gasteiger partial charge in [-0.1, -0.05) is 13.1 Å². The van der Waals surface area contributed by atoms with Crippen LogP contribution in [0.5, 0.6) is 0 Å². The molecule has 0 heterocycles. The molecule has 0 aliphatic carbocycles. The quantitative estimate of drug-likeness (QED) is 0.560. The van der Waals surface area contributed by atoms with Crippen LogP contribution in [0.4, 0.5) is 0 Å². The molecule has 0 saturated carbocycles. The molecule has 2 rings (SSSR count). The Morgan fingerprint density at radius 2 is 1.12 bits per heavy atom. The molecule has 0 aliphatic rings. The molecule has 2 aromatic carbocycles. The van der Waals surface area contributed by atoms with E-state index in [2.05, 4.69) is 37.4 Å². The molecule has 0 saturated heterocycles. The van der Waals surface area contributed by atoms with Crippen molar-refractivity contribution >= 4 is 38.8 Å². The first-order chi connectivity index (χ1) is 6.30. The third-order valence-electron chi connectivity index (χ3n) is 1.91. The average Bonchev–Trinajstić information content (AvgIpc) is 2.82. The van der Waals surface area contributed by atoms with Crippen LogP contribution in [0.1, 0.15) is 0 Å². The zero-order valence-electron chi connectivity index (χ0n) is 9.59. The van der Waals surface area contributed by atoms with E-state index >= 15 is 0 Å². The van der Waals surface area contributed by atoms with Gasteiger partial charge < -0.3 is 30.3 Å². The summed E-state index contributed by atoms with van der Waals surface area (Å²) in [5.41, 5.74) is 0. The van der Waals surface area contributed by atoms with E-state index in [-0.39, 0.29) is 46.5 Å². The standard InChI is InChI=1S/C7H11Si.C5H5.2ClH.Ti/c1-8(2)7-5-3-4-6-7;1-2-4-5-3-1;;;/h3-6,8H,1-2H3;1-5H;2*1H;/q-1;-5;;;. The summed E-state index contributed by atoms with van der Waals surface area (Å²) in [6.07, 6.45) is 0. The molecular formula is C12H18Cl2SiTi-6. The van der Waals surface area contributed by atoms with Crippen LogP contribution in [-0.4, -0.2) is 8.80 Å². The molecule has 0 spiro atoms. The summed E-state index contributed by atoms with van der Waals surface area (Å²) in [7, 11) is -0.480. The summed E-state index contributed by atoms with van der Waals surface area (Å²) in [6, 6.07) is 18.7. The van der Waals surface area contributed by atoms with Crippen molar-refractivity contribution in [3.8, 4) is 0 Å². The molecule has 0 radical (unpaired) electrons. The molecule has 2 aromatic rings. The maximum absolute atomic E-state index is 2.34. The monoisotopic (exact) mass is 308 g/mol. The van der Waals surface area contributed by atoms with Crippen LogP contribution >= 0.6 is 24.8 Å². The Kier molecular flexibility index (Phi) is 17.8. The molecule has 0 aromatic heterocycles. The summed E-state index contributed by atoms with van der Waals surface area (Å²) in [5.74, 6) is 0. The number of rotatable bonds is 1. The summed E-state index contributed by atoms with van der Waals surface area (Å²) in [4.78, 5) is 0. The predicted molar refractivity (Wildman–Crippen MR) is 77.1 cm³/mol. The van der Waals surface area contributed by atoms with Crippen LogP contribution < -0.4 is 5.19 Å². The minimum absolute atomic E-state index is 0. The third-order valence-corrected chi connectivity index (χ3v) is 3.63. The van der Waals surface area contributed by atoms with E-state index < -0.39 is 8.80 Å². The van der Waals surface area contributed by atoms with Crippen LogP contribution in [0, 0.1) is 0 Å². The van der Waals surface area contributed by atoms with Crippen molar-refractivity contribution in [2.75, 3.05) is 0 Å². The van der Waals surface area contributed by atoms with Crippen molar-refractivity contribution in [3.63, 3.8) is 0 Å². The molecule has 0 N–H and O–H groups in total. The predicted octanol–water partition coefficient (Wildman–Crippen LogP) is 3.35. The molecular weight excluding hydrogens is 291 g/mol. The van der Waals surface area contributed by atoms with Gasteiger partial charge in [0.2, 0.25) is 0 Å². The van der Waals surface area contributed by atoms with Crippen LogP contribution in [0.15, 0.2) is 54.6 Å². The van der Waals surface area contributed by atoms with Crippen LogP contribution in [0.3, 0.4) is 0 Å². The average molecular weight is 309 g/mol. The zero-order valence-corrected chi connectivity index (χ0v) is 13.9. The summed E-state index contributed by atoms with van der Waals surface area (Å²) in [6.45, 7) is 4.69. The van der Waals surface area contributed by atoms with Gasteiger partial charge in [-0.15, -0.1) is 24.8 Å². The molecule has 0 bridgehead atoms. The van der Waals surface area contributed by atoms with Gasteiger partial charge in [-0.3, -0.25) is 0 Å². The van der Waals surface area contributed by atoms with Crippen LogP contribution in [-0.2, 0) is 21.7 Å². The molecule has 0 nitrogen and oxygen atoms in total. The largest absolute Gasteiger partial charge is 0.748 e. The van der Waals surface area contributed by atoms with E-state index in [1.807, 2.05) is 30.3 Å². The second-order valence-electron chi connectivity index (χ2n) is 3.34. The van der Waals surface area contributed by atoms with Crippen molar-refractivity contribution in [3.05, 3.63) is 54.6 Å². The van der Waals surface area contributed by atoms with E-state index in [4.69, 9.17) is 0 Å². The minimum atomic E-state index is -0.480. The first-order valence-electron chi connectivity index (χ1n) is 4.69. The fourth-order valence-electron chi connectivity index (χ4n) is 1.09. The van der Waals surface area contributed by atoms with Crippen molar-refractivity contribution in [1.82, 2.24) is 0 Å². The van der Waals surface area contributed by atoms with E-state index in [0.29, 0.717) is 0 Å². The summed E-state index contributed by atoms with van der Waals surface area (Å²) < 4.78 is 0. The fraction of sp³-hybridized carbons (Fsp3) is 0.167.